The van der Waals surface area contributed by atoms with Crippen molar-refractivity contribution in [1.29, 1.82) is 0 Å². The van der Waals surface area contributed by atoms with Gasteiger partial charge in [0.15, 0.2) is 11.6 Å². The molecule has 1 aliphatic heterocycles. The lowest BCUT2D eigenvalue weighted by Gasteiger charge is -2.26. The lowest BCUT2D eigenvalue weighted by molar-refractivity contribution is -0.120. The fourth-order valence-electron chi connectivity index (χ4n) is 1.58. The quantitative estimate of drug-likeness (QED) is 0.766. The van der Waals surface area contributed by atoms with Crippen LogP contribution in [0.5, 0.6) is 0 Å². The molecule has 1 aliphatic rings. The van der Waals surface area contributed by atoms with E-state index < -0.39 is 11.8 Å². The van der Waals surface area contributed by atoms with Gasteiger partial charge in [-0.05, 0) is 6.07 Å². The molecule has 1 saturated heterocycles. The molecule has 2 heterocycles. The first-order valence-electron chi connectivity index (χ1n) is 5.08. The van der Waals surface area contributed by atoms with E-state index in [1.54, 1.807) is 0 Å². The number of nitrogens with two attached hydrogens (primary N) is 1. The third-order valence-corrected chi connectivity index (χ3v) is 2.48. The number of nitrogens with zero attached hydrogens (tertiary/aromatic N) is 2. The van der Waals surface area contributed by atoms with E-state index in [0.29, 0.717) is 0 Å². The zero-order chi connectivity index (χ0) is 12.4. The highest BCUT2D eigenvalue weighted by Crippen LogP contribution is 2.20. The molecule has 3 N–H and O–H groups in total. The van der Waals surface area contributed by atoms with Crippen molar-refractivity contribution in [2.24, 2.45) is 5.73 Å². The van der Waals surface area contributed by atoms with Gasteiger partial charge in [0.2, 0.25) is 5.91 Å². The number of amides is 3. The number of aromatic nitrogens is 1. The molecule has 1 aromatic rings. The molecule has 0 atom stereocenters. The molecule has 0 spiro atoms. The van der Waals surface area contributed by atoms with E-state index in [9.17, 15) is 14.0 Å². The fourth-order valence-corrected chi connectivity index (χ4v) is 1.58. The fraction of sp³-hybridized carbons (Fsp3) is 0.300. The maximum Gasteiger partial charge on any atom is 0.329 e. The topological polar surface area (TPSA) is 88.3 Å². The van der Waals surface area contributed by atoms with Crippen LogP contribution in [0.1, 0.15) is 12.0 Å². The van der Waals surface area contributed by atoms with Gasteiger partial charge in [-0.3, -0.25) is 15.0 Å². The van der Waals surface area contributed by atoms with Crippen molar-refractivity contribution in [2.45, 2.75) is 13.0 Å². The van der Waals surface area contributed by atoms with Gasteiger partial charge in [-0.1, -0.05) is 0 Å². The summed E-state index contributed by atoms with van der Waals surface area (Å²) in [6.45, 7) is 0.137. The Morgan fingerprint density at radius 2 is 2.29 bits per heavy atom. The van der Waals surface area contributed by atoms with E-state index in [0.717, 1.165) is 4.90 Å². The van der Waals surface area contributed by atoms with Gasteiger partial charge in [-0.2, -0.15) is 0 Å². The highest BCUT2D eigenvalue weighted by molar-refractivity contribution is 6.05. The van der Waals surface area contributed by atoms with Gasteiger partial charge >= 0.3 is 6.03 Å². The number of hydrogen-bond acceptors (Lipinski definition) is 4. The van der Waals surface area contributed by atoms with Gasteiger partial charge in [0, 0.05) is 31.3 Å². The Morgan fingerprint density at radius 1 is 1.53 bits per heavy atom. The third kappa shape index (κ3) is 2.09. The summed E-state index contributed by atoms with van der Waals surface area (Å²) >= 11 is 0. The monoisotopic (exact) mass is 238 g/mol. The Morgan fingerprint density at radius 3 is 2.94 bits per heavy atom. The summed E-state index contributed by atoms with van der Waals surface area (Å²) in [4.78, 5) is 27.4. The minimum Gasteiger partial charge on any atom is -0.326 e. The smallest absolute Gasteiger partial charge is 0.326 e. The van der Waals surface area contributed by atoms with Crippen molar-refractivity contribution in [3.05, 3.63) is 23.6 Å². The summed E-state index contributed by atoms with van der Waals surface area (Å²) in [6.07, 6.45) is 1.50. The van der Waals surface area contributed by atoms with E-state index in [2.05, 4.69) is 10.3 Å². The van der Waals surface area contributed by atoms with Gasteiger partial charge in [-0.25, -0.2) is 14.2 Å². The molecule has 0 radical (unpaired) electrons. The van der Waals surface area contributed by atoms with Crippen LogP contribution in [-0.4, -0.2) is 23.5 Å². The van der Waals surface area contributed by atoms with Crippen LogP contribution in [0.25, 0.3) is 0 Å². The van der Waals surface area contributed by atoms with Crippen LogP contribution in [0, 0.1) is 5.82 Å². The predicted octanol–water partition coefficient (Wildman–Crippen LogP) is 0.126. The molecule has 7 heteroatoms. The Bertz CT molecular complexity index is 477. The van der Waals surface area contributed by atoms with Crippen LogP contribution >= 0.6 is 0 Å². The third-order valence-electron chi connectivity index (χ3n) is 2.48. The van der Waals surface area contributed by atoms with Crippen LogP contribution in [0.2, 0.25) is 0 Å². The van der Waals surface area contributed by atoms with Crippen LogP contribution in [0.4, 0.5) is 15.0 Å². The van der Waals surface area contributed by atoms with Gasteiger partial charge in [-0.15, -0.1) is 0 Å². The van der Waals surface area contributed by atoms with Crippen molar-refractivity contribution < 1.29 is 14.0 Å². The summed E-state index contributed by atoms with van der Waals surface area (Å²) in [5.74, 6) is -1.10. The van der Waals surface area contributed by atoms with Crippen molar-refractivity contribution in [2.75, 3.05) is 11.4 Å². The zero-order valence-corrected chi connectivity index (χ0v) is 8.94. The van der Waals surface area contributed by atoms with Gasteiger partial charge in [0.25, 0.3) is 0 Å². The van der Waals surface area contributed by atoms with Crippen LogP contribution in [-0.2, 0) is 11.3 Å². The molecule has 0 saturated carbocycles. The second-order valence-electron chi connectivity index (χ2n) is 3.57. The first kappa shape index (κ1) is 11.5. The van der Waals surface area contributed by atoms with Gasteiger partial charge in [0.05, 0.1) is 0 Å². The van der Waals surface area contributed by atoms with E-state index >= 15 is 0 Å². The Kier molecular flexibility index (Phi) is 3.01. The number of hydrogen-bond donors (Lipinski definition) is 2. The largest absolute Gasteiger partial charge is 0.329 e. The molecular formula is C10H11FN4O2. The number of carbonyl (C=O) groups excluding carboxylic acids is 2. The number of halogens is 1. The van der Waals surface area contributed by atoms with Gasteiger partial charge < -0.3 is 5.73 Å². The van der Waals surface area contributed by atoms with Crippen LogP contribution < -0.4 is 16.0 Å². The van der Waals surface area contributed by atoms with Crippen molar-refractivity contribution in [3.8, 4) is 0 Å². The van der Waals surface area contributed by atoms with E-state index in [1.807, 2.05) is 0 Å². The standard InChI is InChI=1S/C10H11FN4O2/c11-8-6(5-12)1-3-13-9(8)15-4-2-7(16)14-10(15)17/h1,3H,2,4-5,12H2,(H,14,16,17). The maximum absolute atomic E-state index is 13.9. The molecule has 6 nitrogen and oxygen atoms in total. The average Bonchev–Trinajstić information content (AvgIpc) is 2.30. The van der Waals surface area contributed by atoms with E-state index in [4.69, 9.17) is 5.73 Å². The van der Waals surface area contributed by atoms with Crippen molar-refractivity contribution >= 4 is 17.8 Å². The zero-order valence-electron chi connectivity index (χ0n) is 8.94. The highest BCUT2D eigenvalue weighted by Gasteiger charge is 2.27. The molecular weight excluding hydrogens is 227 g/mol. The summed E-state index contributed by atoms with van der Waals surface area (Å²) < 4.78 is 13.9. The van der Waals surface area contributed by atoms with Crippen molar-refractivity contribution in [3.63, 3.8) is 0 Å². The minimum atomic E-state index is -0.665. The lowest BCUT2D eigenvalue weighted by atomic mass is 10.2. The Labute approximate surface area is 96.6 Å². The number of carbonyl (C=O) groups is 2. The van der Waals surface area contributed by atoms with Crippen LogP contribution in [0.3, 0.4) is 0 Å². The second-order valence-corrected chi connectivity index (χ2v) is 3.57. The SMILES string of the molecule is NCc1ccnc(N2CCC(=O)NC2=O)c1F. The van der Waals surface area contributed by atoms with Crippen LogP contribution in [0.15, 0.2) is 12.3 Å². The molecule has 0 aromatic carbocycles. The predicted molar refractivity (Wildman–Crippen MR) is 57.6 cm³/mol. The second kappa shape index (κ2) is 4.46. The first-order valence-corrected chi connectivity index (χ1v) is 5.08. The number of rotatable bonds is 2. The Hall–Kier alpha value is -2.02. The molecule has 0 aliphatic carbocycles. The molecule has 1 fully saturated rings. The average molecular weight is 238 g/mol. The minimum absolute atomic E-state index is 0.0236. The molecule has 2 rings (SSSR count). The molecule has 1 aromatic heterocycles. The molecule has 0 bridgehead atoms. The maximum atomic E-state index is 13.9. The molecule has 17 heavy (non-hydrogen) atoms. The lowest BCUT2D eigenvalue weighted by Crippen LogP contribution is -2.50. The normalized spacial score (nSPS) is 16.0. The summed E-state index contributed by atoms with van der Waals surface area (Å²) in [6, 6.07) is 0.785. The summed E-state index contributed by atoms with van der Waals surface area (Å²) in [5, 5.41) is 2.10. The number of imide groups is 1. The summed E-state index contributed by atoms with van der Waals surface area (Å²) in [7, 11) is 0. The number of pyridine rings is 1. The molecule has 3 amide bonds. The number of urea groups is 1. The first-order chi connectivity index (χ1) is 8.13. The molecule has 0 unspecified atom stereocenters. The van der Waals surface area contributed by atoms with Crippen molar-refractivity contribution in [1.82, 2.24) is 10.3 Å². The Balaban J connectivity index is 2.34. The number of anilines is 1. The summed E-state index contributed by atoms with van der Waals surface area (Å²) in [5.41, 5.74) is 5.64. The van der Waals surface area contributed by atoms with Gasteiger partial charge in [0.1, 0.15) is 0 Å². The number of nitrogens with one attached hydrogen (secondary N) is 1. The van der Waals surface area contributed by atoms with E-state index in [1.165, 1.54) is 12.3 Å². The highest BCUT2D eigenvalue weighted by atomic mass is 19.1. The molecule has 90 valence electrons. The van der Waals surface area contributed by atoms with E-state index in [-0.39, 0.29) is 36.8 Å².